The van der Waals surface area contributed by atoms with Gasteiger partial charge < -0.3 is 10.1 Å². The Bertz CT molecular complexity index is 465. The van der Waals surface area contributed by atoms with Crippen LogP contribution >= 0.6 is 23.2 Å². The number of amides is 1. The number of hydrogen-bond acceptors (Lipinski definition) is 2. The van der Waals surface area contributed by atoms with Crippen molar-refractivity contribution in [1.82, 2.24) is 5.32 Å². The highest BCUT2D eigenvalue weighted by molar-refractivity contribution is 6.36. The van der Waals surface area contributed by atoms with Crippen molar-refractivity contribution in [3.8, 4) is 0 Å². The number of carbonyl (C=O) groups is 1. The molecule has 0 bridgehead atoms. The lowest BCUT2D eigenvalue weighted by atomic mass is 9.87. The number of benzene rings is 1. The molecule has 5 heteroatoms. The van der Waals surface area contributed by atoms with Crippen LogP contribution in [0.25, 0.3) is 0 Å². The van der Waals surface area contributed by atoms with Gasteiger partial charge in [-0.25, -0.2) is 0 Å². The lowest BCUT2D eigenvalue weighted by Crippen LogP contribution is -2.52. The van der Waals surface area contributed by atoms with Crippen LogP contribution < -0.4 is 5.32 Å². The predicted octanol–water partition coefficient (Wildman–Crippen LogP) is 3.61. The molecule has 1 heterocycles. The van der Waals surface area contributed by atoms with Gasteiger partial charge in [-0.3, -0.25) is 4.79 Å². The van der Waals surface area contributed by atoms with Crippen molar-refractivity contribution >= 4 is 29.1 Å². The summed E-state index contributed by atoms with van der Waals surface area (Å²) in [6, 6.07) is 5.28. The van der Waals surface area contributed by atoms with Crippen LogP contribution in [0.5, 0.6) is 0 Å². The zero-order valence-corrected chi connectivity index (χ0v) is 13.1. The highest BCUT2D eigenvalue weighted by Crippen LogP contribution is 2.27. The van der Waals surface area contributed by atoms with Gasteiger partial charge in [0.15, 0.2) is 0 Å². The van der Waals surface area contributed by atoms with Gasteiger partial charge in [-0.05, 0) is 37.0 Å². The van der Waals surface area contributed by atoms with E-state index in [2.05, 4.69) is 12.2 Å². The molecule has 1 aromatic carbocycles. The normalized spacial score (nSPS) is 17.8. The SMILES string of the molecule is CCC1(NC(=O)Cc2c(Cl)cccc2Cl)CCOCC1. The number of carbonyl (C=O) groups excluding carboxylic acids is 1. The van der Waals surface area contributed by atoms with Crippen molar-refractivity contribution < 1.29 is 9.53 Å². The molecule has 2 rings (SSSR count). The van der Waals surface area contributed by atoms with Crippen LogP contribution in [0.3, 0.4) is 0 Å². The molecule has 110 valence electrons. The molecule has 0 radical (unpaired) electrons. The summed E-state index contributed by atoms with van der Waals surface area (Å²) in [5.41, 5.74) is 0.537. The average Bonchev–Trinajstić information content (AvgIpc) is 2.44. The van der Waals surface area contributed by atoms with Gasteiger partial charge in [-0.15, -0.1) is 0 Å². The summed E-state index contributed by atoms with van der Waals surface area (Å²) < 4.78 is 5.37. The second-order valence-corrected chi connectivity index (χ2v) is 5.99. The standard InChI is InChI=1S/C15H19Cl2NO2/c1-2-15(6-8-20-9-7-15)18-14(19)10-11-12(16)4-3-5-13(11)17/h3-5H,2,6-10H2,1H3,(H,18,19). The molecule has 0 aliphatic carbocycles. The fraction of sp³-hybridized carbons (Fsp3) is 0.533. The zero-order chi connectivity index (χ0) is 14.6. The van der Waals surface area contributed by atoms with Gasteiger partial charge in [0, 0.05) is 28.8 Å². The van der Waals surface area contributed by atoms with E-state index < -0.39 is 0 Å². The van der Waals surface area contributed by atoms with Crippen molar-refractivity contribution in [2.75, 3.05) is 13.2 Å². The summed E-state index contributed by atoms with van der Waals surface area (Å²) in [5.74, 6) is -0.0382. The Kier molecular flexibility index (Phi) is 5.30. The fourth-order valence-corrected chi connectivity index (χ4v) is 3.06. The monoisotopic (exact) mass is 315 g/mol. The van der Waals surface area contributed by atoms with Gasteiger partial charge in [-0.1, -0.05) is 36.2 Å². The van der Waals surface area contributed by atoms with Crippen LogP contribution in [-0.2, 0) is 16.0 Å². The Labute approximate surface area is 129 Å². The van der Waals surface area contributed by atoms with E-state index in [0.29, 0.717) is 28.8 Å². The Balaban J connectivity index is 2.05. The molecule has 1 saturated heterocycles. The van der Waals surface area contributed by atoms with Crippen LogP contribution in [-0.4, -0.2) is 24.7 Å². The molecular formula is C15H19Cl2NO2. The summed E-state index contributed by atoms with van der Waals surface area (Å²) in [4.78, 5) is 12.3. The molecule has 0 atom stereocenters. The number of rotatable bonds is 4. The van der Waals surface area contributed by atoms with Gasteiger partial charge in [0.05, 0.1) is 6.42 Å². The molecule has 0 spiro atoms. The molecule has 1 amide bonds. The first-order valence-electron chi connectivity index (χ1n) is 6.88. The van der Waals surface area contributed by atoms with Crippen molar-refractivity contribution in [1.29, 1.82) is 0 Å². The maximum Gasteiger partial charge on any atom is 0.224 e. The molecule has 1 aliphatic rings. The molecule has 3 nitrogen and oxygen atoms in total. The third-order valence-electron chi connectivity index (χ3n) is 3.93. The van der Waals surface area contributed by atoms with Crippen LogP contribution in [0.1, 0.15) is 31.7 Å². The Morgan fingerprint density at radius 2 is 1.90 bits per heavy atom. The number of ether oxygens (including phenoxy) is 1. The number of halogens is 2. The Hall–Kier alpha value is -0.770. The Morgan fingerprint density at radius 3 is 2.45 bits per heavy atom. The van der Waals surface area contributed by atoms with E-state index in [0.717, 1.165) is 19.3 Å². The minimum atomic E-state index is -0.150. The molecule has 0 unspecified atom stereocenters. The van der Waals surface area contributed by atoms with Gasteiger partial charge in [-0.2, -0.15) is 0 Å². The van der Waals surface area contributed by atoms with Crippen molar-refractivity contribution in [3.05, 3.63) is 33.8 Å². The number of hydrogen-bond donors (Lipinski definition) is 1. The zero-order valence-electron chi connectivity index (χ0n) is 11.5. The van der Waals surface area contributed by atoms with Gasteiger partial charge >= 0.3 is 0 Å². The van der Waals surface area contributed by atoms with E-state index in [1.807, 2.05) is 0 Å². The summed E-state index contributed by atoms with van der Waals surface area (Å²) in [6.07, 6.45) is 2.82. The summed E-state index contributed by atoms with van der Waals surface area (Å²) >= 11 is 12.2. The predicted molar refractivity (Wildman–Crippen MR) is 81.4 cm³/mol. The van der Waals surface area contributed by atoms with Crippen molar-refractivity contribution in [2.24, 2.45) is 0 Å². The second kappa shape index (κ2) is 6.79. The summed E-state index contributed by atoms with van der Waals surface area (Å²) in [5, 5.41) is 4.21. The number of nitrogens with one attached hydrogen (secondary N) is 1. The minimum absolute atomic E-state index is 0.0382. The lowest BCUT2D eigenvalue weighted by Gasteiger charge is -2.37. The maximum atomic E-state index is 12.3. The highest BCUT2D eigenvalue weighted by Gasteiger charge is 2.32. The van der Waals surface area contributed by atoms with Crippen molar-refractivity contribution in [2.45, 2.75) is 38.1 Å². The second-order valence-electron chi connectivity index (χ2n) is 5.17. The Morgan fingerprint density at radius 1 is 1.30 bits per heavy atom. The van der Waals surface area contributed by atoms with Gasteiger partial charge in [0.25, 0.3) is 0 Å². The van der Waals surface area contributed by atoms with E-state index in [9.17, 15) is 4.79 Å². The summed E-state index contributed by atoms with van der Waals surface area (Å²) in [7, 11) is 0. The average molecular weight is 316 g/mol. The molecule has 0 aromatic heterocycles. The molecular weight excluding hydrogens is 297 g/mol. The quantitative estimate of drug-likeness (QED) is 0.921. The molecule has 1 aliphatic heterocycles. The molecule has 1 aromatic rings. The van der Waals surface area contributed by atoms with E-state index >= 15 is 0 Å². The van der Waals surface area contributed by atoms with E-state index in [1.54, 1.807) is 18.2 Å². The van der Waals surface area contributed by atoms with Crippen LogP contribution in [0.4, 0.5) is 0 Å². The van der Waals surface area contributed by atoms with E-state index in [-0.39, 0.29) is 17.9 Å². The molecule has 0 saturated carbocycles. The lowest BCUT2D eigenvalue weighted by molar-refractivity contribution is -0.123. The highest BCUT2D eigenvalue weighted by atomic mass is 35.5. The third-order valence-corrected chi connectivity index (χ3v) is 4.64. The summed E-state index contributed by atoms with van der Waals surface area (Å²) in [6.45, 7) is 3.48. The molecule has 1 N–H and O–H groups in total. The fourth-order valence-electron chi connectivity index (χ4n) is 2.53. The first-order chi connectivity index (χ1) is 9.56. The van der Waals surface area contributed by atoms with Crippen LogP contribution in [0.15, 0.2) is 18.2 Å². The van der Waals surface area contributed by atoms with E-state index in [1.165, 1.54) is 0 Å². The first-order valence-corrected chi connectivity index (χ1v) is 7.63. The van der Waals surface area contributed by atoms with Crippen LogP contribution in [0, 0.1) is 0 Å². The molecule has 20 heavy (non-hydrogen) atoms. The van der Waals surface area contributed by atoms with Gasteiger partial charge in [0.2, 0.25) is 5.91 Å². The van der Waals surface area contributed by atoms with Crippen LogP contribution in [0.2, 0.25) is 10.0 Å². The topological polar surface area (TPSA) is 38.3 Å². The van der Waals surface area contributed by atoms with Gasteiger partial charge in [0.1, 0.15) is 0 Å². The molecule has 1 fully saturated rings. The minimum Gasteiger partial charge on any atom is -0.381 e. The van der Waals surface area contributed by atoms with Crippen molar-refractivity contribution in [3.63, 3.8) is 0 Å². The third kappa shape index (κ3) is 3.66. The smallest absolute Gasteiger partial charge is 0.224 e. The largest absolute Gasteiger partial charge is 0.381 e. The first kappa shape index (κ1) is 15.6. The van der Waals surface area contributed by atoms with E-state index in [4.69, 9.17) is 27.9 Å². The maximum absolute atomic E-state index is 12.3.